The van der Waals surface area contributed by atoms with Crippen molar-refractivity contribution < 1.29 is 9.53 Å². The second kappa shape index (κ2) is 6.64. The zero-order valence-corrected chi connectivity index (χ0v) is 12.4. The van der Waals surface area contributed by atoms with Crippen LogP contribution in [0.15, 0.2) is 59.5 Å². The van der Waals surface area contributed by atoms with Gasteiger partial charge in [0.05, 0.1) is 0 Å². The second-order valence-electron chi connectivity index (χ2n) is 3.50. The molecule has 92 valence electrons. The van der Waals surface area contributed by atoms with Crippen molar-refractivity contribution in [3.05, 3.63) is 60.2 Å². The average Bonchev–Trinajstić information content (AvgIpc) is 2.46. The van der Waals surface area contributed by atoms with Crippen molar-refractivity contribution in [2.45, 2.75) is 4.90 Å². The van der Waals surface area contributed by atoms with E-state index >= 15 is 0 Å². The van der Waals surface area contributed by atoms with Crippen LogP contribution in [0.1, 0.15) is 10.4 Å². The van der Waals surface area contributed by atoms with Crippen LogP contribution in [0.3, 0.4) is 0 Å². The van der Waals surface area contributed by atoms with Gasteiger partial charge in [0.1, 0.15) is 0 Å². The number of benzene rings is 2. The molecule has 0 radical (unpaired) electrons. The van der Waals surface area contributed by atoms with Crippen LogP contribution in [-0.4, -0.2) is 25.6 Å². The molecule has 0 aliphatic carbocycles. The zero-order valence-electron chi connectivity index (χ0n) is 9.83. The molecule has 0 saturated carbocycles. The Labute approximate surface area is 116 Å². The Balaban J connectivity index is 1.95. The summed E-state index contributed by atoms with van der Waals surface area (Å²) in [5.74, 6) is 0.773. The van der Waals surface area contributed by atoms with Crippen LogP contribution in [0.5, 0.6) is 5.75 Å². The summed E-state index contributed by atoms with van der Waals surface area (Å²) in [6.07, 6.45) is 0. The molecule has 4 heteroatoms. The van der Waals surface area contributed by atoms with Crippen LogP contribution in [0, 0.1) is 0 Å². The molecule has 0 bridgehead atoms. The molecule has 0 aromatic heterocycles. The third-order valence-corrected chi connectivity index (χ3v) is 6.16. The summed E-state index contributed by atoms with van der Waals surface area (Å²) in [5, 5.41) is 0. The maximum atomic E-state index is 12.0. The number of rotatable bonds is 5. The fourth-order valence-corrected chi connectivity index (χ4v) is 4.55. The molecule has 0 saturated heterocycles. The van der Waals surface area contributed by atoms with Crippen molar-refractivity contribution in [1.82, 2.24) is 0 Å². The van der Waals surface area contributed by atoms with Crippen molar-refractivity contribution in [3.8, 4) is 5.75 Å². The predicted octanol–water partition coefficient (Wildman–Crippen LogP) is 3.25. The van der Waals surface area contributed by atoms with Gasteiger partial charge in [0.25, 0.3) is 0 Å². The minimum absolute atomic E-state index is 0.129. The zero-order chi connectivity index (χ0) is 12.8. The monoisotopic (exact) mass is 324 g/mol. The molecule has 0 unspecified atom stereocenters. The van der Waals surface area contributed by atoms with E-state index in [0.717, 1.165) is 16.2 Å². The third kappa shape index (κ3) is 3.64. The molecule has 2 nitrogen and oxygen atoms in total. The molecule has 0 aliphatic heterocycles. The first-order valence-electron chi connectivity index (χ1n) is 5.37. The summed E-state index contributed by atoms with van der Waals surface area (Å²) in [6, 6.07) is 17.2. The summed E-state index contributed by atoms with van der Waals surface area (Å²) in [5.41, 5.74) is 0.749. The van der Waals surface area contributed by atoms with Crippen LogP contribution < -0.4 is 4.74 Å². The van der Waals surface area contributed by atoms with Gasteiger partial charge in [-0.3, -0.25) is 0 Å². The van der Waals surface area contributed by atoms with E-state index in [9.17, 15) is 4.79 Å². The summed E-state index contributed by atoms with van der Waals surface area (Å²) in [7, 11) is 3.23. The first-order valence-corrected chi connectivity index (χ1v) is 9.07. The number of carbonyl (C=O) groups excluding carboxylic acids is 1. The van der Waals surface area contributed by atoms with Crippen molar-refractivity contribution in [1.29, 1.82) is 0 Å². The summed E-state index contributed by atoms with van der Waals surface area (Å²) < 4.78 is 5.26. The standard InChI is InChI=1S/C14H12O2SSe/c1-16-12-9-7-11(8-10-12)14(15)18-17-13-5-3-2-4-6-13/h2-10H,1H3. The fourth-order valence-electron chi connectivity index (χ4n) is 1.34. The van der Waals surface area contributed by atoms with E-state index in [-0.39, 0.29) is 18.5 Å². The van der Waals surface area contributed by atoms with E-state index < -0.39 is 0 Å². The number of carbonyl (C=O) groups is 1. The van der Waals surface area contributed by atoms with E-state index in [1.54, 1.807) is 17.3 Å². The SMILES string of the molecule is COc1ccc(C(=O)[Se]Sc2ccccc2)cc1. The van der Waals surface area contributed by atoms with Crippen molar-refractivity contribution >= 4 is 28.7 Å². The van der Waals surface area contributed by atoms with Gasteiger partial charge in [0.15, 0.2) is 0 Å². The van der Waals surface area contributed by atoms with E-state index in [1.807, 2.05) is 54.6 Å². The predicted molar refractivity (Wildman–Crippen MR) is 75.4 cm³/mol. The van der Waals surface area contributed by atoms with E-state index in [1.165, 1.54) is 0 Å². The molecule has 0 heterocycles. The van der Waals surface area contributed by atoms with Crippen molar-refractivity contribution in [3.63, 3.8) is 0 Å². The van der Waals surface area contributed by atoms with Gasteiger partial charge in [-0.1, -0.05) is 0 Å². The van der Waals surface area contributed by atoms with Crippen molar-refractivity contribution in [2.75, 3.05) is 7.11 Å². The molecule has 0 fully saturated rings. The molecule has 0 aliphatic rings. The van der Waals surface area contributed by atoms with Crippen LogP contribution in [0.2, 0.25) is 0 Å². The molecular formula is C14H12O2SSe. The van der Waals surface area contributed by atoms with Crippen LogP contribution in [0.25, 0.3) is 0 Å². The van der Waals surface area contributed by atoms with E-state index in [2.05, 4.69) is 0 Å². The maximum absolute atomic E-state index is 12.0. The summed E-state index contributed by atoms with van der Waals surface area (Å²) in [4.78, 5) is 13.1. The summed E-state index contributed by atoms with van der Waals surface area (Å²) >= 11 is -0.129. The molecule has 0 spiro atoms. The van der Waals surface area contributed by atoms with Crippen LogP contribution in [0.4, 0.5) is 0 Å². The van der Waals surface area contributed by atoms with Gasteiger partial charge < -0.3 is 0 Å². The van der Waals surface area contributed by atoms with Crippen LogP contribution >= 0.6 is 10.2 Å². The Morgan fingerprint density at radius 2 is 1.72 bits per heavy atom. The normalized spacial score (nSPS) is 10.1. The number of ether oxygens (including phenoxy) is 1. The van der Waals surface area contributed by atoms with Gasteiger partial charge in [-0.05, 0) is 0 Å². The Morgan fingerprint density at radius 1 is 1.06 bits per heavy atom. The van der Waals surface area contributed by atoms with Gasteiger partial charge in [-0.25, -0.2) is 0 Å². The summed E-state index contributed by atoms with van der Waals surface area (Å²) in [6.45, 7) is 0. The molecule has 18 heavy (non-hydrogen) atoms. The Hall–Kier alpha value is -1.22. The molecule has 2 rings (SSSR count). The Morgan fingerprint density at radius 3 is 2.33 bits per heavy atom. The quantitative estimate of drug-likeness (QED) is 0.790. The number of hydrogen-bond donors (Lipinski definition) is 0. The third-order valence-electron chi connectivity index (χ3n) is 2.28. The topological polar surface area (TPSA) is 26.3 Å². The Kier molecular flexibility index (Phi) is 4.88. The molecule has 2 aromatic carbocycles. The average molecular weight is 323 g/mol. The van der Waals surface area contributed by atoms with E-state index in [0.29, 0.717) is 0 Å². The molecule has 2 aromatic rings. The Bertz CT molecular complexity index is 511. The van der Waals surface area contributed by atoms with Gasteiger partial charge in [-0.15, -0.1) is 0 Å². The molecule has 0 amide bonds. The van der Waals surface area contributed by atoms with Gasteiger partial charge in [0, 0.05) is 0 Å². The van der Waals surface area contributed by atoms with Gasteiger partial charge in [-0.2, -0.15) is 0 Å². The minimum atomic E-state index is -0.129. The van der Waals surface area contributed by atoms with Crippen LogP contribution in [-0.2, 0) is 0 Å². The van der Waals surface area contributed by atoms with Gasteiger partial charge in [0.2, 0.25) is 0 Å². The van der Waals surface area contributed by atoms with Crippen molar-refractivity contribution in [2.24, 2.45) is 0 Å². The second-order valence-corrected chi connectivity index (χ2v) is 7.18. The first-order chi connectivity index (χ1) is 8.79. The number of methoxy groups -OCH3 is 1. The molecular weight excluding hydrogens is 311 g/mol. The molecule has 0 N–H and O–H groups in total. The fraction of sp³-hybridized carbons (Fsp3) is 0.0714. The first kappa shape index (κ1) is 13.2. The molecule has 0 atom stereocenters. The van der Waals surface area contributed by atoms with Gasteiger partial charge >= 0.3 is 116 Å². The van der Waals surface area contributed by atoms with E-state index in [4.69, 9.17) is 4.74 Å². The number of hydrogen-bond acceptors (Lipinski definition) is 3.